The first kappa shape index (κ1) is 11.2. The molecule has 0 aromatic heterocycles. The van der Waals surface area contributed by atoms with Gasteiger partial charge in [0.05, 0.1) is 0 Å². The van der Waals surface area contributed by atoms with Crippen molar-refractivity contribution in [3.8, 4) is 0 Å². The Hall–Kier alpha value is -1.84. The fourth-order valence-corrected chi connectivity index (χ4v) is 1.25. The molecule has 0 saturated heterocycles. The third kappa shape index (κ3) is 2.56. The van der Waals surface area contributed by atoms with Crippen LogP contribution in [0.4, 0.5) is 4.79 Å². The lowest BCUT2D eigenvalue weighted by atomic mass is 10.2. The van der Waals surface area contributed by atoms with Gasteiger partial charge in [-0.1, -0.05) is 18.2 Å². The number of hydrogen-bond acceptors (Lipinski definition) is 2. The quantitative estimate of drug-likeness (QED) is 0.797. The molecule has 0 bridgehead atoms. The van der Waals surface area contributed by atoms with Gasteiger partial charge >= 0.3 is 6.03 Å². The molecule has 0 radical (unpaired) electrons. The number of rotatable bonds is 2. The van der Waals surface area contributed by atoms with E-state index in [0.717, 1.165) is 4.90 Å². The van der Waals surface area contributed by atoms with Crippen LogP contribution in [-0.2, 0) is 0 Å². The molecule has 0 atom stereocenters. The van der Waals surface area contributed by atoms with E-state index in [1.165, 1.54) is 7.05 Å². The maximum atomic E-state index is 11.8. The van der Waals surface area contributed by atoms with E-state index in [9.17, 15) is 9.59 Å². The molecule has 4 nitrogen and oxygen atoms in total. The molecule has 0 aliphatic carbocycles. The second kappa shape index (κ2) is 5.14. The Labute approximate surface area is 88.9 Å². The van der Waals surface area contributed by atoms with Crippen molar-refractivity contribution >= 4 is 11.9 Å². The van der Waals surface area contributed by atoms with Gasteiger partial charge in [0.25, 0.3) is 5.91 Å². The molecule has 0 heterocycles. The molecule has 3 amide bonds. The molecule has 15 heavy (non-hydrogen) atoms. The zero-order valence-electron chi connectivity index (χ0n) is 8.86. The van der Waals surface area contributed by atoms with Gasteiger partial charge in [0, 0.05) is 19.2 Å². The Morgan fingerprint density at radius 2 is 1.87 bits per heavy atom. The van der Waals surface area contributed by atoms with E-state index in [1.807, 2.05) is 6.07 Å². The zero-order valence-corrected chi connectivity index (χ0v) is 8.86. The Kier molecular flexibility index (Phi) is 3.85. The first-order valence-corrected chi connectivity index (χ1v) is 4.79. The maximum Gasteiger partial charge on any atom is 0.324 e. The Bertz CT molecular complexity index is 349. The third-order valence-electron chi connectivity index (χ3n) is 2.04. The van der Waals surface area contributed by atoms with Gasteiger partial charge in [-0.05, 0) is 19.1 Å². The highest BCUT2D eigenvalue weighted by Crippen LogP contribution is 2.04. The summed E-state index contributed by atoms with van der Waals surface area (Å²) in [5, 5.41) is 2.43. The predicted octanol–water partition coefficient (Wildman–Crippen LogP) is 1.49. The number of urea groups is 1. The summed E-state index contributed by atoms with van der Waals surface area (Å²) in [5.74, 6) is -0.280. The summed E-state index contributed by atoms with van der Waals surface area (Å²) in [6.45, 7) is 2.11. The fourth-order valence-electron chi connectivity index (χ4n) is 1.25. The van der Waals surface area contributed by atoms with Crippen molar-refractivity contribution in [2.75, 3.05) is 13.6 Å². The summed E-state index contributed by atoms with van der Waals surface area (Å²) >= 11 is 0. The highest BCUT2D eigenvalue weighted by atomic mass is 16.2. The molecule has 0 fully saturated rings. The van der Waals surface area contributed by atoms with E-state index in [4.69, 9.17) is 0 Å². The first-order valence-electron chi connectivity index (χ1n) is 4.79. The summed E-state index contributed by atoms with van der Waals surface area (Å²) < 4.78 is 0. The first-order chi connectivity index (χ1) is 7.20. The highest BCUT2D eigenvalue weighted by molar-refractivity contribution is 6.04. The number of nitrogens with zero attached hydrogens (tertiary/aromatic N) is 1. The van der Waals surface area contributed by atoms with Gasteiger partial charge in [-0.25, -0.2) is 4.79 Å². The summed E-state index contributed by atoms with van der Waals surface area (Å²) in [7, 11) is 1.50. The summed E-state index contributed by atoms with van der Waals surface area (Å²) in [6.07, 6.45) is 0. The van der Waals surface area contributed by atoms with Crippen molar-refractivity contribution in [2.45, 2.75) is 6.92 Å². The van der Waals surface area contributed by atoms with Crippen LogP contribution in [0.3, 0.4) is 0 Å². The molecule has 4 heteroatoms. The average molecular weight is 206 g/mol. The lowest BCUT2D eigenvalue weighted by Gasteiger charge is -2.18. The van der Waals surface area contributed by atoms with E-state index < -0.39 is 0 Å². The minimum Gasteiger partial charge on any atom is -0.341 e. The van der Waals surface area contributed by atoms with Gasteiger partial charge in [0.15, 0.2) is 0 Å². The normalized spacial score (nSPS) is 9.47. The average Bonchev–Trinajstić information content (AvgIpc) is 2.30. The van der Waals surface area contributed by atoms with Gasteiger partial charge in [-0.15, -0.1) is 0 Å². The molecule has 0 aliphatic heterocycles. The van der Waals surface area contributed by atoms with E-state index in [-0.39, 0.29) is 11.9 Å². The van der Waals surface area contributed by atoms with Gasteiger partial charge in [0.1, 0.15) is 0 Å². The molecule has 1 aromatic carbocycles. The van der Waals surface area contributed by atoms with Crippen LogP contribution in [0.1, 0.15) is 17.3 Å². The minimum atomic E-state index is -0.383. The largest absolute Gasteiger partial charge is 0.341 e. The zero-order chi connectivity index (χ0) is 11.3. The topological polar surface area (TPSA) is 49.4 Å². The molecule has 1 aromatic rings. The third-order valence-corrected chi connectivity index (χ3v) is 2.04. The summed E-state index contributed by atoms with van der Waals surface area (Å²) in [5.41, 5.74) is 0.517. The predicted molar refractivity (Wildman–Crippen MR) is 57.6 cm³/mol. The second-order valence-electron chi connectivity index (χ2n) is 2.97. The highest BCUT2D eigenvalue weighted by Gasteiger charge is 2.19. The molecule has 0 unspecified atom stereocenters. The SMILES string of the molecule is CCN(C(=O)NC)C(=O)c1ccccc1. The number of benzene rings is 1. The van der Waals surface area contributed by atoms with Crippen LogP contribution in [0.25, 0.3) is 0 Å². The lowest BCUT2D eigenvalue weighted by Crippen LogP contribution is -2.42. The number of imide groups is 1. The number of hydrogen-bond donors (Lipinski definition) is 1. The smallest absolute Gasteiger partial charge is 0.324 e. The van der Waals surface area contributed by atoms with E-state index >= 15 is 0 Å². The van der Waals surface area contributed by atoms with Gasteiger partial charge in [-0.3, -0.25) is 9.69 Å². The van der Waals surface area contributed by atoms with Crippen LogP contribution >= 0.6 is 0 Å². The maximum absolute atomic E-state index is 11.8. The number of amides is 3. The molecule has 0 saturated carbocycles. The van der Waals surface area contributed by atoms with Crippen molar-refractivity contribution in [3.63, 3.8) is 0 Å². The van der Waals surface area contributed by atoms with Gasteiger partial charge < -0.3 is 5.32 Å². The molecule has 1 N–H and O–H groups in total. The standard InChI is InChI=1S/C11H14N2O2/c1-3-13(11(15)12-2)10(14)9-7-5-4-6-8-9/h4-8H,3H2,1-2H3,(H,12,15). The molecule has 0 spiro atoms. The Balaban J connectivity index is 2.87. The van der Waals surface area contributed by atoms with Crippen LogP contribution in [-0.4, -0.2) is 30.4 Å². The number of carbonyl (C=O) groups excluding carboxylic acids is 2. The van der Waals surface area contributed by atoms with E-state index in [0.29, 0.717) is 12.1 Å². The van der Waals surface area contributed by atoms with Crippen LogP contribution in [0.5, 0.6) is 0 Å². The fraction of sp³-hybridized carbons (Fsp3) is 0.273. The van der Waals surface area contributed by atoms with Crippen molar-refractivity contribution in [1.82, 2.24) is 10.2 Å². The van der Waals surface area contributed by atoms with Crippen LogP contribution < -0.4 is 5.32 Å². The number of carbonyl (C=O) groups is 2. The Morgan fingerprint density at radius 1 is 1.27 bits per heavy atom. The summed E-state index contributed by atoms with van der Waals surface area (Å²) in [6, 6.07) is 8.36. The van der Waals surface area contributed by atoms with Gasteiger partial charge in [0.2, 0.25) is 0 Å². The molecular formula is C11H14N2O2. The van der Waals surface area contributed by atoms with E-state index in [2.05, 4.69) is 5.32 Å². The van der Waals surface area contributed by atoms with Crippen LogP contribution in [0, 0.1) is 0 Å². The van der Waals surface area contributed by atoms with Crippen LogP contribution in [0.15, 0.2) is 30.3 Å². The van der Waals surface area contributed by atoms with Crippen molar-refractivity contribution in [2.24, 2.45) is 0 Å². The van der Waals surface area contributed by atoms with Crippen molar-refractivity contribution < 1.29 is 9.59 Å². The van der Waals surface area contributed by atoms with E-state index in [1.54, 1.807) is 31.2 Å². The lowest BCUT2D eigenvalue weighted by molar-refractivity contribution is 0.0809. The molecule has 80 valence electrons. The molecule has 0 aliphatic rings. The molecule has 1 rings (SSSR count). The Morgan fingerprint density at radius 3 is 2.33 bits per heavy atom. The second-order valence-corrected chi connectivity index (χ2v) is 2.97. The minimum absolute atomic E-state index is 0.280. The summed E-state index contributed by atoms with van der Waals surface area (Å²) in [4.78, 5) is 24.4. The van der Waals surface area contributed by atoms with Crippen molar-refractivity contribution in [1.29, 1.82) is 0 Å². The van der Waals surface area contributed by atoms with Gasteiger partial charge in [-0.2, -0.15) is 0 Å². The monoisotopic (exact) mass is 206 g/mol. The van der Waals surface area contributed by atoms with Crippen LogP contribution in [0.2, 0.25) is 0 Å². The van der Waals surface area contributed by atoms with Crippen molar-refractivity contribution in [3.05, 3.63) is 35.9 Å². The molecular weight excluding hydrogens is 192 g/mol. The number of nitrogens with one attached hydrogen (secondary N) is 1.